The zero-order chi connectivity index (χ0) is 13.1. The van der Waals surface area contributed by atoms with Crippen molar-refractivity contribution in [1.29, 1.82) is 0 Å². The fraction of sp³-hybridized carbons (Fsp3) is 0.400. The summed E-state index contributed by atoms with van der Waals surface area (Å²) in [7, 11) is 0. The summed E-state index contributed by atoms with van der Waals surface area (Å²) in [6.07, 6.45) is 10.7. The number of nitrogens with two attached hydrogens (primary N) is 1. The first-order chi connectivity index (χ1) is 9.33. The molecule has 100 valence electrons. The molecule has 1 aromatic carbocycles. The van der Waals surface area contributed by atoms with Gasteiger partial charge < -0.3 is 15.0 Å². The Morgan fingerprint density at radius 1 is 1.16 bits per heavy atom. The summed E-state index contributed by atoms with van der Waals surface area (Å²) in [4.78, 5) is 4.14. The molecular formula is C15H19N3O. The first kappa shape index (κ1) is 12.1. The maximum absolute atomic E-state index is 6.14. The molecule has 1 aliphatic carbocycles. The number of nitrogen functional groups attached to an aromatic ring is 1. The minimum atomic E-state index is 0.214. The first-order valence-corrected chi connectivity index (χ1v) is 6.82. The van der Waals surface area contributed by atoms with E-state index in [1.807, 2.05) is 43.0 Å². The molecule has 2 N–H and O–H groups in total. The predicted octanol–water partition coefficient (Wildman–Crippen LogP) is 3.03. The lowest BCUT2D eigenvalue weighted by Gasteiger charge is -2.32. The molecule has 4 heteroatoms. The van der Waals surface area contributed by atoms with E-state index in [2.05, 4.69) is 9.55 Å². The molecule has 0 saturated heterocycles. The fourth-order valence-electron chi connectivity index (χ4n) is 2.74. The summed E-state index contributed by atoms with van der Waals surface area (Å²) in [5, 5.41) is 0. The lowest BCUT2D eigenvalue weighted by molar-refractivity contribution is 0.0977. The molecule has 0 spiro atoms. The van der Waals surface area contributed by atoms with Crippen LogP contribution in [0.25, 0.3) is 0 Å². The van der Waals surface area contributed by atoms with Crippen molar-refractivity contribution in [2.75, 3.05) is 5.73 Å². The van der Waals surface area contributed by atoms with E-state index in [1.165, 1.54) is 12.8 Å². The molecule has 4 nitrogen and oxygen atoms in total. The van der Waals surface area contributed by atoms with Crippen LogP contribution in [0, 0.1) is 0 Å². The van der Waals surface area contributed by atoms with Crippen LogP contribution < -0.4 is 10.5 Å². The Hall–Kier alpha value is -1.97. The fourth-order valence-corrected chi connectivity index (χ4v) is 2.74. The summed E-state index contributed by atoms with van der Waals surface area (Å²) in [5.74, 6) is 0.895. The van der Waals surface area contributed by atoms with E-state index >= 15 is 0 Å². The van der Waals surface area contributed by atoms with Gasteiger partial charge in [-0.25, -0.2) is 4.98 Å². The molecule has 3 rings (SSSR count). The average Bonchev–Trinajstić information content (AvgIpc) is 2.96. The van der Waals surface area contributed by atoms with Crippen molar-refractivity contribution in [3.05, 3.63) is 43.0 Å². The van der Waals surface area contributed by atoms with Crippen LogP contribution in [0.15, 0.2) is 43.0 Å². The smallest absolute Gasteiger partial charge is 0.119 e. The average molecular weight is 257 g/mol. The number of imidazole rings is 1. The zero-order valence-corrected chi connectivity index (χ0v) is 10.9. The van der Waals surface area contributed by atoms with E-state index in [1.54, 1.807) is 0 Å². The quantitative estimate of drug-likeness (QED) is 0.860. The Morgan fingerprint density at radius 2 is 1.95 bits per heavy atom. The van der Waals surface area contributed by atoms with E-state index < -0.39 is 0 Å². The summed E-state index contributed by atoms with van der Waals surface area (Å²) in [5.41, 5.74) is 6.46. The summed E-state index contributed by atoms with van der Waals surface area (Å²) < 4.78 is 8.31. The second kappa shape index (κ2) is 5.34. The molecule has 1 aliphatic rings. The van der Waals surface area contributed by atoms with Crippen molar-refractivity contribution in [3.8, 4) is 5.75 Å². The topological polar surface area (TPSA) is 53.1 Å². The van der Waals surface area contributed by atoms with Gasteiger partial charge in [0, 0.05) is 18.1 Å². The van der Waals surface area contributed by atoms with E-state index in [-0.39, 0.29) is 6.10 Å². The molecule has 1 heterocycles. The molecule has 2 aromatic rings. The highest BCUT2D eigenvalue weighted by Gasteiger charge is 2.27. The van der Waals surface area contributed by atoms with Crippen LogP contribution in [-0.2, 0) is 0 Å². The molecule has 19 heavy (non-hydrogen) atoms. The first-order valence-electron chi connectivity index (χ1n) is 6.82. The Labute approximate surface area is 113 Å². The Bertz CT molecular complexity index is 507. The van der Waals surface area contributed by atoms with Crippen molar-refractivity contribution >= 4 is 5.69 Å². The molecule has 1 saturated carbocycles. The summed E-state index contributed by atoms with van der Waals surface area (Å²) >= 11 is 0. The third kappa shape index (κ3) is 2.72. The van der Waals surface area contributed by atoms with Crippen LogP contribution in [0.2, 0.25) is 0 Å². The predicted molar refractivity (Wildman–Crippen MR) is 75.0 cm³/mol. The van der Waals surface area contributed by atoms with Gasteiger partial charge in [0.15, 0.2) is 0 Å². The minimum absolute atomic E-state index is 0.214. The highest BCUT2D eigenvalue weighted by Crippen LogP contribution is 2.32. The van der Waals surface area contributed by atoms with Crippen LogP contribution >= 0.6 is 0 Å². The standard InChI is InChI=1S/C15H19N3O/c16-12-5-7-13(8-6-12)19-15-4-2-1-3-14(15)18-10-9-17-11-18/h5-11,14-15H,1-4,16H2. The van der Waals surface area contributed by atoms with E-state index in [0.29, 0.717) is 6.04 Å². The lowest BCUT2D eigenvalue weighted by atomic mass is 9.92. The number of ether oxygens (including phenoxy) is 1. The van der Waals surface area contributed by atoms with Gasteiger partial charge >= 0.3 is 0 Å². The maximum Gasteiger partial charge on any atom is 0.119 e. The number of rotatable bonds is 3. The number of benzene rings is 1. The number of nitrogens with zero attached hydrogens (tertiary/aromatic N) is 2. The maximum atomic E-state index is 6.14. The number of aromatic nitrogens is 2. The van der Waals surface area contributed by atoms with E-state index in [0.717, 1.165) is 24.3 Å². The molecule has 0 radical (unpaired) electrons. The van der Waals surface area contributed by atoms with Crippen LogP contribution in [0.4, 0.5) is 5.69 Å². The van der Waals surface area contributed by atoms with Crippen molar-refractivity contribution in [3.63, 3.8) is 0 Å². The van der Waals surface area contributed by atoms with Gasteiger partial charge in [-0.1, -0.05) is 6.42 Å². The largest absolute Gasteiger partial charge is 0.488 e. The van der Waals surface area contributed by atoms with Crippen LogP contribution in [0.3, 0.4) is 0 Å². The van der Waals surface area contributed by atoms with Crippen molar-refractivity contribution in [1.82, 2.24) is 9.55 Å². The van der Waals surface area contributed by atoms with Gasteiger partial charge in [-0.2, -0.15) is 0 Å². The van der Waals surface area contributed by atoms with Gasteiger partial charge in [0.05, 0.1) is 12.4 Å². The number of anilines is 1. The highest BCUT2D eigenvalue weighted by molar-refractivity contribution is 5.41. The lowest BCUT2D eigenvalue weighted by Crippen LogP contribution is -2.32. The molecule has 0 amide bonds. The number of hydrogen-bond donors (Lipinski definition) is 1. The van der Waals surface area contributed by atoms with E-state index in [9.17, 15) is 0 Å². The van der Waals surface area contributed by atoms with Crippen LogP contribution in [0.5, 0.6) is 5.75 Å². The van der Waals surface area contributed by atoms with Gasteiger partial charge in [-0.15, -0.1) is 0 Å². The van der Waals surface area contributed by atoms with Gasteiger partial charge in [0.1, 0.15) is 11.9 Å². The van der Waals surface area contributed by atoms with Gasteiger partial charge in [-0.05, 0) is 43.5 Å². The van der Waals surface area contributed by atoms with E-state index in [4.69, 9.17) is 10.5 Å². The van der Waals surface area contributed by atoms with Gasteiger partial charge in [-0.3, -0.25) is 0 Å². The summed E-state index contributed by atoms with van der Waals surface area (Å²) in [6, 6.07) is 8.02. The Kier molecular flexibility index (Phi) is 3.40. The molecular weight excluding hydrogens is 238 g/mol. The van der Waals surface area contributed by atoms with Crippen LogP contribution in [-0.4, -0.2) is 15.7 Å². The van der Waals surface area contributed by atoms with Crippen molar-refractivity contribution < 1.29 is 4.74 Å². The summed E-state index contributed by atoms with van der Waals surface area (Å²) in [6.45, 7) is 0. The third-order valence-corrected chi connectivity index (χ3v) is 3.74. The molecule has 2 atom stereocenters. The molecule has 1 fully saturated rings. The van der Waals surface area contributed by atoms with Gasteiger partial charge in [0.25, 0.3) is 0 Å². The zero-order valence-electron chi connectivity index (χ0n) is 10.9. The van der Waals surface area contributed by atoms with Crippen LogP contribution in [0.1, 0.15) is 31.7 Å². The molecule has 2 unspecified atom stereocenters. The Morgan fingerprint density at radius 3 is 2.68 bits per heavy atom. The van der Waals surface area contributed by atoms with Crippen molar-refractivity contribution in [2.45, 2.75) is 37.8 Å². The monoisotopic (exact) mass is 257 g/mol. The normalized spacial score (nSPS) is 23.2. The van der Waals surface area contributed by atoms with Crippen molar-refractivity contribution in [2.24, 2.45) is 0 Å². The molecule has 0 aliphatic heterocycles. The highest BCUT2D eigenvalue weighted by atomic mass is 16.5. The SMILES string of the molecule is Nc1ccc(OC2CCCCC2n2ccnc2)cc1. The second-order valence-corrected chi connectivity index (χ2v) is 5.09. The second-order valence-electron chi connectivity index (χ2n) is 5.09. The number of hydrogen-bond acceptors (Lipinski definition) is 3. The minimum Gasteiger partial charge on any atom is -0.488 e. The van der Waals surface area contributed by atoms with Gasteiger partial charge in [0.2, 0.25) is 0 Å². The third-order valence-electron chi connectivity index (χ3n) is 3.74. The Balaban J connectivity index is 1.75. The molecule has 1 aromatic heterocycles. The molecule has 0 bridgehead atoms.